The van der Waals surface area contributed by atoms with Crippen LogP contribution in [0.1, 0.15) is 13.8 Å². The van der Waals surface area contributed by atoms with Gasteiger partial charge in [-0.3, -0.25) is 4.79 Å². The highest BCUT2D eigenvalue weighted by atomic mass is 35.5. The Morgan fingerprint density at radius 2 is 2.00 bits per heavy atom. The second kappa shape index (κ2) is 7.67. The Balaban J connectivity index is 0.00000324. The van der Waals surface area contributed by atoms with Gasteiger partial charge in [-0.25, -0.2) is 8.78 Å². The summed E-state index contributed by atoms with van der Waals surface area (Å²) in [4.78, 5) is 12.0. The summed E-state index contributed by atoms with van der Waals surface area (Å²) in [7, 11) is 0. The normalized spacial score (nSPS) is 10.8. The molecule has 0 aliphatic rings. The summed E-state index contributed by atoms with van der Waals surface area (Å²) in [5, 5.41) is 2.67. The van der Waals surface area contributed by atoms with E-state index in [1.165, 1.54) is 6.07 Å². The Hall–Kier alpha value is -0.850. The van der Waals surface area contributed by atoms with Crippen LogP contribution in [0.25, 0.3) is 0 Å². The van der Waals surface area contributed by atoms with Crippen molar-refractivity contribution in [2.45, 2.75) is 24.3 Å². The Morgan fingerprint density at radius 1 is 1.37 bits per heavy atom. The first-order valence-electron chi connectivity index (χ1n) is 5.41. The van der Waals surface area contributed by atoms with Crippen LogP contribution in [0.15, 0.2) is 23.1 Å². The Labute approximate surface area is 121 Å². The van der Waals surface area contributed by atoms with Crippen molar-refractivity contribution in [3.8, 4) is 0 Å². The number of rotatable bonds is 5. The van der Waals surface area contributed by atoms with E-state index in [-0.39, 0.29) is 24.1 Å². The number of halogens is 3. The van der Waals surface area contributed by atoms with E-state index >= 15 is 0 Å². The number of nitrogens with one attached hydrogen (secondary N) is 1. The molecule has 19 heavy (non-hydrogen) atoms. The number of carbonyl (C=O) groups is 1. The molecular formula is C12H17ClF2N2OS. The number of benzene rings is 1. The zero-order valence-corrected chi connectivity index (χ0v) is 12.3. The van der Waals surface area contributed by atoms with Gasteiger partial charge in [-0.05, 0) is 32.0 Å². The van der Waals surface area contributed by atoms with E-state index in [2.05, 4.69) is 5.32 Å². The van der Waals surface area contributed by atoms with Crippen LogP contribution >= 0.6 is 24.2 Å². The Bertz CT molecular complexity index is 438. The van der Waals surface area contributed by atoms with Gasteiger partial charge in [-0.15, -0.1) is 24.2 Å². The first-order chi connectivity index (χ1) is 8.28. The minimum atomic E-state index is -0.913. The molecule has 1 rings (SSSR count). The number of thioether (sulfide) groups is 1. The smallest absolute Gasteiger partial charge is 0.230 e. The minimum Gasteiger partial charge on any atom is -0.354 e. The number of hydrogen-bond donors (Lipinski definition) is 2. The lowest BCUT2D eigenvalue weighted by molar-refractivity contribution is -0.118. The molecule has 3 nitrogen and oxygen atoms in total. The molecule has 0 aliphatic carbocycles. The summed E-state index contributed by atoms with van der Waals surface area (Å²) in [6.45, 7) is 3.97. The van der Waals surface area contributed by atoms with E-state index in [1.807, 2.05) is 0 Å². The van der Waals surface area contributed by atoms with Gasteiger partial charge in [0.05, 0.1) is 5.75 Å². The maximum Gasteiger partial charge on any atom is 0.230 e. The number of amides is 1. The van der Waals surface area contributed by atoms with Crippen molar-refractivity contribution in [3.63, 3.8) is 0 Å². The highest BCUT2D eigenvalue weighted by molar-refractivity contribution is 8.00. The molecule has 0 unspecified atom stereocenters. The molecule has 0 bridgehead atoms. The average molecular weight is 311 g/mol. The van der Waals surface area contributed by atoms with E-state index < -0.39 is 17.2 Å². The molecule has 0 atom stereocenters. The molecule has 0 fully saturated rings. The summed E-state index contributed by atoms with van der Waals surface area (Å²) < 4.78 is 25.6. The third-order valence-corrected chi connectivity index (χ3v) is 3.00. The summed E-state index contributed by atoms with van der Waals surface area (Å²) in [6.07, 6.45) is 0. The first kappa shape index (κ1) is 18.1. The van der Waals surface area contributed by atoms with E-state index in [9.17, 15) is 13.6 Å². The van der Waals surface area contributed by atoms with Crippen LogP contribution in [0.4, 0.5) is 8.78 Å². The van der Waals surface area contributed by atoms with Gasteiger partial charge >= 0.3 is 0 Å². The van der Waals surface area contributed by atoms with Crippen molar-refractivity contribution in [1.82, 2.24) is 5.32 Å². The van der Waals surface area contributed by atoms with Crippen LogP contribution in [0.5, 0.6) is 0 Å². The van der Waals surface area contributed by atoms with Crippen LogP contribution in [0, 0.1) is 11.6 Å². The maximum absolute atomic E-state index is 12.9. The molecule has 0 heterocycles. The lowest BCUT2D eigenvalue weighted by atomic mass is 10.1. The van der Waals surface area contributed by atoms with Crippen LogP contribution in [0.3, 0.4) is 0 Å². The quantitative estimate of drug-likeness (QED) is 0.821. The molecule has 7 heteroatoms. The van der Waals surface area contributed by atoms with Crippen molar-refractivity contribution in [1.29, 1.82) is 0 Å². The molecule has 1 aromatic rings. The average Bonchev–Trinajstić information content (AvgIpc) is 2.27. The zero-order valence-electron chi connectivity index (χ0n) is 10.7. The largest absolute Gasteiger partial charge is 0.354 e. The molecule has 3 N–H and O–H groups in total. The third-order valence-electron chi connectivity index (χ3n) is 2.00. The lowest BCUT2D eigenvalue weighted by Gasteiger charge is -2.18. The van der Waals surface area contributed by atoms with Crippen LogP contribution in [-0.4, -0.2) is 23.7 Å². The standard InChI is InChI=1S/C12H16F2N2OS.ClH/c1-12(2,15)7-16-11(17)6-18-8-3-4-9(13)10(14)5-8;/h3-5H,6-7,15H2,1-2H3,(H,16,17);1H. The van der Waals surface area contributed by atoms with E-state index in [0.29, 0.717) is 11.4 Å². The predicted octanol–water partition coefficient (Wildman–Crippen LogP) is 2.33. The highest BCUT2D eigenvalue weighted by Crippen LogP contribution is 2.19. The van der Waals surface area contributed by atoms with Gasteiger partial charge in [-0.1, -0.05) is 0 Å². The van der Waals surface area contributed by atoms with Crippen LogP contribution in [-0.2, 0) is 4.79 Å². The molecule has 0 spiro atoms. The van der Waals surface area contributed by atoms with Crippen molar-refractivity contribution >= 4 is 30.1 Å². The van der Waals surface area contributed by atoms with Crippen molar-refractivity contribution in [3.05, 3.63) is 29.8 Å². The monoisotopic (exact) mass is 310 g/mol. The van der Waals surface area contributed by atoms with Gasteiger partial charge in [0.25, 0.3) is 0 Å². The van der Waals surface area contributed by atoms with Gasteiger partial charge in [0.2, 0.25) is 5.91 Å². The minimum absolute atomic E-state index is 0. The number of carbonyl (C=O) groups excluding carboxylic acids is 1. The fourth-order valence-corrected chi connectivity index (χ4v) is 1.84. The van der Waals surface area contributed by atoms with Crippen molar-refractivity contribution in [2.75, 3.05) is 12.3 Å². The molecule has 0 aromatic heterocycles. The molecule has 0 saturated heterocycles. The van der Waals surface area contributed by atoms with E-state index in [1.54, 1.807) is 13.8 Å². The summed E-state index contributed by atoms with van der Waals surface area (Å²) in [6, 6.07) is 3.54. The molecule has 0 saturated carbocycles. The van der Waals surface area contributed by atoms with Gasteiger partial charge in [0.1, 0.15) is 0 Å². The number of hydrogen-bond acceptors (Lipinski definition) is 3. The van der Waals surface area contributed by atoms with Gasteiger partial charge < -0.3 is 11.1 Å². The first-order valence-corrected chi connectivity index (χ1v) is 6.40. The van der Waals surface area contributed by atoms with Crippen LogP contribution < -0.4 is 11.1 Å². The fourth-order valence-electron chi connectivity index (χ4n) is 1.09. The predicted molar refractivity (Wildman–Crippen MR) is 75.6 cm³/mol. The van der Waals surface area contributed by atoms with Gasteiger partial charge in [0.15, 0.2) is 11.6 Å². The summed E-state index contributed by atoms with van der Waals surface area (Å²) in [5.41, 5.74) is 5.24. The Kier molecular flexibility index (Phi) is 7.33. The van der Waals surface area contributed by atoms with E-state index in [4.69, 9.17) is 5.73 Å². The molecule has 1 aromatic carbocycles. The molecule has 0 radical (unpaired) electrons. The number of nitrogens with two attached hydrogens (primary N) is 1. The zero-order chi connectivity index (χ0) is 13.8. The SMILES string of the molecule is CC(C)(N)CNC(=O)CSc1ccc(F)c(F)c1.Cl. The summed E-state index contributed by atoms with van der Waals surface area (Å²) in [5.74, 6) is -1.86. The molecule has 0 aliphatic heterocycles. The Morgan fingerprint density at radius 3 is 2.53 bits per heavy atom. The summed E-state index contributed by atoms with van der Waals surface area (Å²) >= 11 is 1.14. The van der Waals surface area contributed by atoms with Gasteiger partial charge in [0, 0.05) is 17.0 Å². The fraction of sp³-hybridized carbons (Fsp3) is 0.417. The molecular weight excluding hydrogens is 294 g/mol. The lowest BCUT2D eigenvalue weighted by Crippen LogP contribution is -2.45. The van der Waals surface area contributed by atoms with E-state index in [0.717, 1.165) is 23.9 Å². The maximum atomic E-state index is 12.9. The topological polar surface area (TPSA) is 55.1 Å². The second-order valence-corrected chi connectivity index (χ2v) is 5.68. The third kappa shape index (κ3) is 7.34. The van der Waals surface area contributed by atoms with Crippen molar-refractivity contribution < 1.29 is 13.6 Å². The second-order valence-electron chi connectivity index (χ2n) is 4.63. The molecule has 108 valence electrons. The highest BCUT2D eigenvalue weighted by Gasteiger charge is 2.12. The van der Waals surface area contributed by atoms with Crippen LogP contribution in [0.2, 0.25) is 0 Å². The molecule has 1 amide bonds. The van der Waals surface area contributed by atoms with Gasteiger partial charge in [-0.2, -0.15) is 0 Å². The van der Waals surface area contributed by atoms with Crippen molar-refractivity contribution in [2.24, 2.45) is 5.73 Å².